The molecule has 0 aromatic heterocycles. The zero-order valence-electron chi connectivity index (χ0n) is 8.81. The minimum absolute atomic E-state index is 0.0921. The molecule has 1 rings (SSSR count). The molecule has 0 saturated carbocycles. The average Bonchev–Trinajstić information content (AvgIpc) is 2.13. The van der Waals surface area contributed by atoms with Crippen molar-refractivity contribution >= 4 is 15.9 Å². The van der Waals surface area contributed by atoms with Crippen LogP contribution in [0.5, 0.6) is 0 Å². The van der Waals surface area contributed by atoms with Gasteiger partial charge in [-0.15, -0.1) is 0 Å². The molecule has 1 aromatic rings. The Kier molecular flexibility index (Phi) is 4.38. The Morgan fingerprint density at radius 1 is 1.38 bits per heavy atom. The maximum atomic E-state index is 12.0. The van der Waals surface area contributed by atoms with Crippen molar-refractivity contribution in [1.82, 2.24) is 0 Å². The largest absolute Gasteiger partial charge is 0.389 e. The predicted octanol–water partition coefficient (Wildman–Crippen LogP) is 4.10. The first-order valence-corrected chi connectivity index (χ1v) is 5.67. The third-order valence-electron chi connectivity index (χ3n) is 2.29. The van der Waals surface area contributed by atoms with E-state index < -0.39 is 18.6 Å². The summed E-state index contributed by atoms with van der Waals surface area (Å²) in [7, 11) is 0. The van der Waals surface area contributed by atoms with E-state index in [1.54, 1.807) is 6.07 Å². The maximum Gasteiger partial charge on any atom is 0.389 e. The van der Waals surface area contributed by atoms with E-state index in [-0.39, 0.29) is 6.42 Å². The zero-order chi connectivity index (χ0) is 12.3. The molecule has 0 aliphatic heterocycles. The van der Waals surface area contributed by atoms with Gasteiger partial charge in [0, 0.05) is 16.9 Å². The van der Waals surface area contributed by atoms with Crippen LogP contribution in [0.2, 0.25) is 0 Å². The Balaban J connectivity index is 2.70. The predicted molar refractivity (Wildman–Crippen MR) is 61.1 cm³/mol. The van der Waals surface area contributed by atoms with E-state index in [9.17, 15) is 13.2 Å². The van der Waals surface area contributed by atoms with E-state index in [0.717, 1.165) is 15.6 Å². The number of benzene rings is 1. The Labute approximate surface area is 101 Å². The van der Waals surface area contributed by atoms with E-state index in [4.69, 9.17) is 5.73 Å². The average molecular weight is 296 g/mol. The van der Waals surface area contributed by atoms with Crippen molar-refractivity contribution in [3.05, 3.63) is 33.8 Å². The van der Waals surface area contributed by atoms with Gasteiger partial charge in [0.2, 0.25) is 0 Å². The minimum atomic E-state index is -4.14. The summed E-state index contributed by atoms with van der Waals surface area (Å²) in [5.74, 6) is 0. The van der Waals surface area contributed by atoms with Gasteiger partial charge in [-0.3, -0.25) is 0 Å². The summed E-state index contributed by atoms with van der Waals surface area (Å²) in [6.45, 7) is 1.91. The highest BCUT2D eigenvalue weighted by Gasteiger charge is 2.28. The van der Waals surface area contributed by atoms with Crippen LogP contribution in [-0.4, -0.2) is 6.18 Å². The Bertz CT molecular complexity index is 363. The molecule has 0 aliphatic rings. The summed E-state index contributed by atoms with van der Waals surface area (Å²) in [5.41, 5.74) is 7.48. The highest BCUT2D eigenvalue weighted by atomic mass is 79.9. The molecule has 16 heavy (non-hydrogen) atoms. The number of aryl methyl sites for hydroxylation is 1. The van der Waals surface area contributed by atoms with E-state index >= 15 is 0 Å². The van der Waals surface area contributed by atoms with Crippen LogP contribution in [0.3, 0.4) is 0 Å². The quantitative estimate of drug-likeness (QED) is 0.893. The topological polar surface area (TPSA) is 26.0 Å². The molecule has 0 saturated heterocycles. The maximum absolute atomic E-state index is 12.0. The molecule has 0 unspecified atom stereocenters. The molecular formula is C11H13BrF3N. The number of rotatable bonds is 3. The van der Waals surface area contributed by atoms with Gasteiger partial charge in [-0.05, 0) is 30.5 Å². The van der Waals surface area contributed by atoms with Crippen LogP contribution in [0.15, 0.2) is 22.7 Å². The lowest BCUT2D eigenvalue weighted by Gasteiger charge is -2.15. The van der Waals surface area contributed by atoms with Crippen molar-refractivity contribution in [2.75, 3.05) is 0 Å². The number of hydrogen-bond acceptors (Lipinski definition) is 1. The molecule has 1 nitrogen and oxygen atoms in total. The summed E-state index contributed by atoms with van der Waals surface area (Å²) in [6, 6.07) is 4.87. The van der Waals surface area contributed by atoms with Crippen LogP contribution < -0.4 is 5.73 Å². The van der Waals surface area contributed by atoms with E-state index in [1.807, 2.05) is 19.1 Å². The lowest BCUT2D eigenvalue weighted by atomic mass is 10.0. The molecule has 1 aromatic carbocycles. The van der Waals surface area contributed by atoms with Crippen LogP contribution in [-0.2, 0) is 0 Å². The number of alkyl halides is 3. The molecule has 1 atom stereocenters. The van der Waals surface area contributed by atoms with Crippen molar-refractivity contribution in [3.8, 4) is 0 Å². The second kappa shape index (κ2) is 5.19. The molecule has 5 heteroatoms. The first-order valence-electron chi connectivity index (χ1n) is 4.88. The molecule has 0 amide bonds. The highest BCUT2D eigenvalue weighted by molar-refractivity contribution is 9.10. The van der Waals surface area contributed by atoms with Gasteiger partial charge < -0.3 is 5.73 Å². The molecule has 0 heterocycles. The lowest BCUT2D eigenvalue weighted by molar-refractivity contribution is -0.136. The van der Waals surface area contributed by atoms with Crippen LogP contribution in [0.25, 0.3) is 0 Å². The Hall–Kier alpha value is -0.550. The third kappa shape index (κ3) is 4.14. The van der Waals surface area contributed by atoms with E-state index in [2.05, 4.69) is 15.9 Å². The molecular weight excluding hydrogens is 283 g/mol. The summed E-state index contributed by atoms with van der Waals surface area (Å²) < 4.78 is 36.9. The number of nitrogens with two attached hydrogens (primary N) is 1. The summed E-state index contributed by atoms with van der Waals surface area (Å²) in [5, 5.41) is 0. The third-order valence-corrected chi connectivity index (χ3v) is 2.98. The lowest BCUT2D eigenvalue weighted by Crippen LogP contribution is -2.16. The normalized spacial score (nSPS) is 13.9. The van der Waals surface area contributed by atoms with Gasteiger partial charge in [-0.25, -0.2) is 0 Å². The van der Waals surface area contributed by atoms with Crippen molar-refractivity contribution in [2.45, 2.75) is 32.0 Å². The Morgan fingerprint density at radius 3 is 2.50 bits per heavy atom. The van der Waals surface area contributed by atoms with Crippen molar-refractivity contribution in [3.63, 3.8) is 0 Å². The number of halogens is 4. The summed E-state index contributed by atoms with van der Waals surface area (Å²) >= 11 is 3.31. The first kappa shape index (κ1) is 13.5. The second-order valence-corrected chi connectivity index (χ2v) is 4.64. The van der Waals surface area contributed by atoms with Gasteiger partial charge >= 0.3 is 6.18 Å². The van der Waals surface area contributed by atoms with Crippen molar-refractivity contribution in [2.24, 2.45) is 5.73 Å². The Morgan fingerprint density at radius 2 is 2.00 bits per heavy atom. The summed E-state index contributed by atoms with van der Waals surface area (Å²) in [6.07, 6.45) is -5.09. The molecule has 0 spiro atoms. The first-order chi connectivity index (χ1) is 7.29. The fourth-order valence-electron chi connectivity index (χ4n) is 1.41. The fourth-order valence-corrected chi connectivity index (χ4v) is 2.19. The number of hydrogen-bond donors (Lipinski definition) is 1. The second-order valence-electron chi connectivity index (χ2n) is 3.79. The van der Waals surface area contributed by atoms with Gasteiger partial charge in [0.25, 0.3) is 0 Å². The monoisotopic (exact) mass is 295 g/mol. The smallest absolute Gasteiger partial charge is 0.324 e. The molecule has 0 bridgehead atoms. The molecule has 2 N–H and O–H groups in total. The van der Waals surface area contributed by atoms with E-state index in [1.165, 1.54) is 0 Å². The molecule has 90 valence electrons. The van der Waals surface area contributed by atoms with Gasteiger partial charge in [-0.2, -0.15) is 13.2 Å². The molecule has 0 radical (unpaired) electrons. The van der Waals surface area contributed by atoms with E-state index in [0.29, 0.717) is 0 Å². The standard InChI is InChI=1S/C11H13BrF3N/c1-7-2-3-8(9(12)6-7)10(16)4-5-11(13,14)15/h2-3,6,10H,4-5,16H2,1H3/t10-/m1/s1. The van der Waals surface area contributed by atoms with Gasteiger partial charge in [0.15, 0.2) is 0 Å². The van der Waals surface area contributed by atoms with Crippen LogP contribution in [0.4, 0.5) is 13.2 Å². The van der Waals surface area contributed by atoms with Crippen molar-refractivity contribution < 1.29 is 13.2 Å². The van der Waals surface area contributed by atoms with Crippen LogP contribution >= 0.6 is 15.9 Å². The fraction of sp³-hybridized carbons (Fsp3) is 0.455. The van der Waals surface area contributed by atoms with Crippen LogP contribution in [0.1, 0.15) is 30.0 Å². The molecule has 0 fully saturated rings. The SMILES string of the molecule is Cc1ccc([C@H](N)CCC(F)(F)F)c(Br)c1. The van der Waals surface area contributed by atoms with Crippen LogP contribution in [0, 0.1) is 6.92 Å². The minimum Gasteiger partial charge on any atom is -0.324 e. The van der Waals surface area contributed by atoms with Gasteiger partial charge in [-0.1, -0.05) is 28.1 Å². The highest BCUT2D eigenvalue weighted by Crippen LogP contribution is 2.30. The van der Waals surface area contributed by atoms with Gasteiger partial charge in [0.1, 0.15) is 0 Å². The summed E-state index contributed by atoms with van der Waals surface area (Å²) in [4.78, 5) is 0. The van der Waals surface area contributed by atoms with Crippen molar-refractivity contribution in [1.29, 1.82) is 0 Å². The zero-order valence-corrected chi connectivity index (χ0v) is 10.4. The van der Waals surface area contributed by atoms with Gasteiger partial charge in [0.05, 0.1) is 0 Å². The molecule has 0 aliphatic carbocycles.